The third-order valence-corrected chi connectivity index (χ3v) is 1.44. The van der Waals surface area contributed by atoms with E-state index in [0.717, 1.165) is 5.71 Å². The lowest BCUT2D eigenvalue weighted by atomic mass is 9.96. The molecule has 0 unspecified atom stereocenters. The first-order valence-corrected chi connectivity index (χ1v) is 3.69. The largest absolute Gasteiger partial charge is 0.369 e. The Morgan fingerprint density at radius 1 is 1.45 bits per heavy atom. The lowest BCUT2D eigenvalue weighted by Gasteiger charge is -2.18. The Kier molecular flexibility index (Phi) is 2.09. The first kappa shape index (κ1) is 8.40. The van der Waals surface area contributed by atoms with E-state index in [1.54, 1.807) is 0 Å². The molecule has 0 N–H and O–H groups in total. The van der Waals surface area contributed by atoms with Gasteiger partial charge in [-0.2, -0.15) is 0 Å². The quantitative estimate of drug-likeness (QED) is 0.524. The molecule has 0 bridgehead atoms. The second kappa shape index (κ2) is 2.74. The van der Waals surface area contributed by atoms with Gasteiger partial charge < -0.3 is 4.74 Å². The molecule has 0 saturated carbocycles. The number of amides is 1. The van der Waals surface area contributed by atoms with E-state index in [1.807, 2.05) is 20.8 Å². The van der Waals surface area contributed by atoms with Gasteiger partial charge in [0.2, 0.25) is 0 Å². The van der Waals surface area contributed by atoms with Gasteiger partial charge in [-0.25, -0.2) is 4.99 Å². The maximum absolute atomic E-state index is 11.2. The van der Waals surface area contributed by atoms with Crippen LogP contribution in [0.15, 0.2) is 4.99 Å². The fraction of sp³-hybridized carbons (Fsp3) is 0.750. The zero-order valence-electron chi connectivity index (χ0n) is 7.18. The van der Waals surface area contributed by atoms with Crippen molar-refractivity contribution in [3.05, 3.63) is 0 Å². The lowest BCUT2D eigenvalue weighted by Crippen LogP contribution is -2.30. The van der Waals surface area contributed by atoms with Crippen molar-refractivity contribution in [3.8, 4) is 0 Å². The highest BCUT2D eigenvalue weighted by atomic mass is 16.5. The molecule has 0 spiro atoms. The monoisotopic (exact) mass is 155 g/mol. The first-order chi connectivity index (χ1) is 5.00. The van der Waals surface area contributed by atoms with Crippen LogP contribution in [0.2, 0.25) is 0 Å². The van der Waals surface area contributed by atoms with Gasteiger partial charge in [0.1, 0.15) is 0 Å². The van der Waals surface area contributed by atoms with E-state index < -0.39 is 0 Å². The molecule has 0 aliphatic carbocycles. The molecular formula is C8H13NO2. The van der Waals surface area contributed by atoms with Crippen molar-refractivity contribution in [3.63, 3.8) is 0 Å². The normalized spacial score (nSPS) is 17.5. The van der Waals surface area contributed by atoms with Crippen LogP contribution in [0.25, 0.3) is 0 Å². The maximum atomic E-state index is 11.2. The van der Waals surface area contributed by atoms with Crippen LogP contribution in [-0.4, -0.2) is 24.8 Å². The second-order valence-electron chi connectivity index (χ2n) is 3.73. The third-order valence-electron chi connectivity index (χ3n) is 1.44. The summed E-state index contributed by atoms with van der Waals surface area (Å²) in [5.74, 6) is -0.0594. The van der Waals surface area contributed by atoms with E-state index in [9.17, 15) is 4.79 Å². The number of ether oxygens (including phenoxy) is 1. The average Bonchev–Trinajstić information content (AvgIpc) is 1.75. The van der Waals surface area contributed by atoms with Crippen LogP contribution in [0.1, 0.15) is 20.8 Å². The standard InChI is InChI=1S/C8H13NO2/c1-8(2,3)7(10)9-6-4-11-5-6/h4-5H2,1-3H3. The van der Waals surface area contributed by atoms with Crippen LogP contribution in [-0.2, 0) is 9.53 Å². The summed E-state index contributed by atoms with van der Waals surface area (Å²) in [6.45, 7) is 6.64. The third kappa shape index (κ3) is 2.12. The number of hydrogen-bond acceptors (Lipinski definition) is 2. The van der Waals surface area contributed by atoms with Crippen molar-refractivity contribution in [2.75, 3.05) is 13.2 Å². The Hall–Kier alpha value is -0.700. The van der Waals surface area contributed by atoms with Crippen LogP contribution >= 0.6 is 0 Å². The molecule has 0 atom stereocenters. The summed E-state index contributed by atoms with van der Waals surface area (Å²) >= 11 is 0. The molecule has 3 heteroatoms. The minimum atomic E-state index is -0.359. The molecule has 0 aromatic rings. The van der Waals surface area contributed by atoms with Crippen molar-refractivity contribution in [2.45, 2.75) is 20.8 Å². The first-order valence-electron chi connectivity index (χ1n) is 3.69. The average molecular weight is 155 g/mol. The summed E-state index contributed by atoms with van der Waals surface area (Å²) in [5.41, 5.74) is 0.507. The van der Waals surface area contributed by atoms with E-state index in [0.29, 0.717) is 13.2 Å². The van der Waals surface area contributed by atoms with E-state index in [2.05, 4.69) is 4.99 Å². The zero-order chi connectivity index (χ0) is 8.48. The smallest absolute Gasteiger partial charge is 0.251 e. The van der Waals surface area contributed by atoms with Crippen molar-refractivity contribution in [1.29, 1.82) is 0 Å². The van der Waals surface area contributed by atoms with E-state index in [4.69, 9.17) is 4.74 Å². The van der Waals surface area contributed by atoms with Gasteiger partial charge in [0.25, 0.3) is 5.91 Å². The van der Waals surface area contributed by atoms with Crippen molar-refractivity contribution >= 4 is 11.6 Å². The highest BCUT2D eigenvalue weighted by Gasteiger charge is 2.22. The number of rotatable bonds is 0. The molecular weight excluding hydrogens is 142 g/mol. The van der Waals surface area contributed by atoms with Gasteiger partial charge in [-0.15, -0.1) is 0 Å². The molecule has 3 nitrogen and oxygen atoms in total. The fourth-order valence-electron chi connectivity index (χ4n) is 0.569. The zero-order valence-corrected chi connectivity index (χ0v) is 7.18. The SMILES string of the molecule is CC(C)(C)C(=O)N=C1COC1. The van der Waals surface area contributed by atoms with Crippen molar-refractivity contribution in [1.82, 2.24) is 0 Å². The Morgan fingerprint density at radius 2 is 2.00 bits per heavy atom. The molecule has 1 amide bonds. The van der Waals surface area contributed by atoms with Gasteiger partial charge in [0.15, 0.2) is 0 Å². The molecule has 0 aromatic carbocycles. The summed E-state index contributed by atoms with van der Waals surface area (Å²) in [7, 11) is 0. The Labute approximate surface area is 66.5 Å². The number of carbonyl (C=O) groups excluding carboxylic acids is 1. The highest BCUT2D eigenvalue weighted by molar-refractivity contribution is 6.00. The lowest BCUT2D eigenvalue weighted by molar-refractivity contribution is -0.125. The predicted octanol–water partition coefficient (Wildman–Crippen LogP) is 1.03. The maximum Gasteiger partial charge on any atom is 0.251 e. The predicted molar refractivity (Wildman–Crippen MR) is 42.7 cm³/mol. The number of nitrogens with zero attached hydrogens (tertiary/aromatic N) is 1. The van der Waals surface area contributed by atoms with Gasteiger partial charge >= 0.3 is 0 Å². The Balaban J connectivity index is 2.55. The second-order valence-corrected chi connectivity index (χ2v) is 3.73. The van der Waals surface area contributed by atoms with Crippen LogP contribution in [0.4, 0.5) is 0 Å². The van der Waals surface area contributed by atoms with Gasteiger partial charge in [-0.3, -0.25) is 4.79 Å². The Morgan fingerprint density at radius 3 is 2.27 bits per heavy atom. The molecule has 1 aliphatic heterocycles. The van der Waals surface area contributed by atoms with Crippen molar-refractivity contribution in [2.24, 2.45) is 10.4 Å². The molecule has 1 fully saturated rings. The molecule has 1 rings (SSSR count). The van der Waals surface area contributed by atoms with Gasteiger partial charge in [-0.05, 0) is 0 Å². The summed E-state index contributed by atoms with van der Waals surface area (Å²) in [6.07, 6.45) is 0. The number of aliphatic imine (C=N–C) groups is 1. The Bertz CT molecular complexity index is 195. The minimum Gasteiger partial charge on any atom is -0.369 e. The molecule has 1 heterocycles. The molecule has 62 valence electrons. The molecule has 1 aliphatic rings. The minimum absolute atomic E-state index is 0.0594. The molecule has 0 radical (unpaired) electrons. The summed E-state index contributed by atoms with van der Waals surface area (Å²) in [4.78, 5) is 15.1. The van der Waals surface area contributed by atoms with Crippen LogP contribution in [0.3, 0.4) is 0 Å². The number of hydrogen-bond donors (Lipinski definition) is 0. The topological polar surface area (TPSA) is 38.7 Å². The van der Waals surface area contributed by atoms with E-state index in [1.165, 1.54) is 0 Å². The van der Waals surface area contributed by atoms with Gasteiger partial charge in [0.05, 0.1) is 18.9 Å². The summed E-state index contributed by atoms with van der Waals surface area (Å²) < 4.78 is 4.87. The van der Waals surface area contributed by atoms with E-state index >= 15 is 0 Å². The summed E-state index contributed by atoms with van der Waals surface area (Å²) in [6, 6.07) is 0. The fourth-order valence-corrected chi connectivity index (χ4v) is 0.569. The van der Waals surface area contributed by atoms with Crippen LogP contribution in [0.5, 0.6) is 0 Å². The van der Waals surface area contributed by atoms with Crippen LogP contribution < -0.4 is 0 Å². The van der Waals surface area contributed by atoms with Gasteiger partial charge in [-0.1, -0.05) is 20.8 Å². The van der Waals surface area contributed by atoms with Crippen molar-refractivity contribution < 1.29 is 9.53 Å². The summed E-state index contributed by atoms with van der Waals surface area (Å²) in [5, 5.41) is 0. The molecule has 0 aromatic heterocycles. The van der Waals surface area contributed by atoms with Crippen LogP contribution in [0, 0.1) is 5.41 Å². The van der Waals surface area contributed by atoms with E-state index in [-0.39, 0.29) is 11.3 Å². The van der Waals surface area contributed by atoms with Gasteiger partial charge in [0, 0.05) is 5.41 Å². The highest BCUT2D eigenvalue weighted by Crippen LogP contribution is 2.15. The number of carbonyl (C=O) groups is 1. The molecule has 11 heavy (non-hydrogen) atoms. The molecule has 1 saturated heterocycles.